The molecule has 1 amide bonds. The van der Waals surface area contributed by atoms with E-state index in [1.807, 2.05) is 45.9 Å². The van der Waals surface area contributed by atoms with Gasteiger partial charge in [0.2, 0.25) is 0 Å². The van der Waals surface area contributed by atoms with E-state index in [1.165, 1.54) is 5.56 Å². The van der Waals surface area contributed by atoms with Crippen LogP contribution in [0.25, 0.3) is 0 Å². The molecule has 1 saturated heterocycles. The molecule has 3 rings (SSSR count). The smallest absolute Gasteiger partial charge is 0.411 e. The van der Waals surface area contributed by atoms with E-state index in [9.17, 15) is 4.79 Å². The Morgan fingerprint density at radius 2 is 1.81 bits per heavy atom. The molecule has 2 fully saturated rings. The van der Waals surface area contributed by atoms with E-state index in [2.05, 4.69) is 37.8 Å². The highest BCUT2D eigenvalue weighted by Crippen LogP contribution is 2.47. The van der Waals surface area contributed by atoms with Crippen molar-refractivity contribution in [1.82, 2.24) is 9.80 Å². The molecule has 0 radical (unpaired) electrons. The quantitative estimate of drug-likeness (QED) is 0.526. The first-order valence-corrected chi connectivity index (χ1v) is 11.9. The summed E-state index contributed by atoms with van der Waals surface area (Å²) in [6.45, 7) is 14.5. The van der Waals surface area contributed by atoms with Crippen LogP contribution in [0.5, 0.6) is 0 Å². The lowest BCUT2D eigenvalue weighted by Gasteiger charge is -2.59. The number of carbonyl (C=O) groups excluding carboxylic acids is 1. The standard InChI is InChI=1S/C26H41FN2O2/c1-8-16-26(7)22(27)21(17-25(5,6)29(26)23(30)31-24(2,3)4)28(20-14-15-20)18-19-12-10-9-11-13-19/h9-13,20-22H,8,14-18H2,1-7H3/t21-,22-,26+/m1/s1. The van der Waals surface area contributed by atoms with E-state index < -0.39 is 28.9 Å². The second-order valence-electron chi connectivity index (χ2n) is 11.3. The fourth-order valence-corrected chi connectivity index (χ4v) is 5.46. The summed E-state index contributed by atoms with van der Waals surface area (Å²) < 4.78 is 22.3. The van der Waals surface area contributed by atoms with Crippen LogP contribution in [0.2, 0.25) is 0 Å². The molecular formula is C26H41FN2O2. The van der Waals surface area contributed by atoms with Gasteiger partial charge in [-0.2, -0.15) is 0 Å². The maximum absolute atomic E-state index is 16.5. The number of alkyl halides is 1. The van der Waals surface area contributed by atoms with Gasteiger partial charge in [-0.25, -0.2) is 9.18 Å². The molecule has 1 saturated carbocycles. The highest BCUT2D eigenvalue weighted by atomic mass is 19.1. The summed E-state index contributed by atoms with van der Waals surface area (Å²) in [6, 6.07) is 10.6. The van der Waals surface area contributed by atoms with E-state index in [4.69, 9.17) is 4.74 Å². The molecule has 0 aromatic heterocycles. The maximum atomic E-state index is 16.5. The minimum absolute atomic E-state index is 0.224. The van der Waals surface area contributed by atoms with Crippen molar-refractivity contribution in [1.29, 1.82) is 0 Å². The molecule has 0 N–H and O–H groups in total. The van der Waals surface area contributed by atoms with Gasteiger partial charge in [-0.15, -0.1) is 0 Å². The van der Waals surface area contributed by atoms with E-state index >= 15 is 4.39 Å². The molecule has 4 nitrogen and oxygen atoms in total. The van der Waals surface area contributed by atoms with Crippen molar-refractivity contribution < 1.29 is 13.9 Å². The van der Waals surface area contributed by atoms with Crippen LogP contribution in [0.3, 0.4) is 0 Å². The molecule has 3 atom stereocenters. The molecule has 1 aliphatic heterocycles. The Morgan fingerprint density at radius 3 is 2.32 bits per heavy atom. The average molecular weight is 433 g/mol. The maximum Gasteiger partial charge on any atom is 0.411 e. The molecule has 1 aliphatic carbocycles. The number of benzene rings is 1. The van der Waals surface area contributed by atoms with Crippen molar-refractivity contribution in [2.45, 2.75) is 122 Å². The van der Waals surface area contributed by atoms with Gasteiger partial charge >= 0.3 is 6.09 Å². The first-order valence-electron chi connectivity index (χ1n) is 11.9. The molecule has 2 aliphatic rings. The predicted octanol–water partition coefficient (Wildman–Crippen LogP) is 6.34. The Labute approximate surface area is 188 Å². The summed E-state index contributed by atoms with van der Waals surface area (Å²) in [5.41, 5.74) is -0.821. The third kappa shape index (κ3) is 5.24. The minimum atomic E-state index is -1.14. The number of amides is 1. The lowest BCUT2D eigenvalue weighted by Crippen LogP contribution is -2.73. The topological polar surface area (TPSA) is 32.8 Å². The zero-order valence-electron chi connectivity index (χ0n) is 20.5. The lowest BCUT2D eigenvalue weighted by molar-refractivity contribution is -0.126. The van der Waals surface area contributed by atoms with Crippen LogP contribution in [0.15, 0.2) is 30.3 Å². The summed E-state index contributed by atoms with van der Waals surface area (Å²) in [6.07, 6.45) is 2.70. The van der Waals surface area contributed by atoms with Crippen molar-refractivity contribution in [3.8, 4) is 0 Å². The predicted molar refractivity (Wildman–Crippen MR) is 124 cm³/mol. The van der Waals surface area contributed by atoms with Crippen molar-refractivity contribution in [2.75, 3.05) is 0 Å². The third-order valence-corrected chi connectivity index (χ3v) is 6.74. The zero-order chi connectivity index (χ0) is 23.0. The number of piperidine rings is 1. The molecule has 0 spiro atoms. The number of halogens is 1. The van der Waals surface area contributed by atoms with Crippen LogP contribution in [0.1, 0.15) is 86.1 Å². The molecule has 174 valence electrons. The van der Waals surface area contributed by atoms with Crippen molar-refractivity contribution >= 4 is 6.09 Å². The highest BCUT2D eigenvalue weighted by molar-refractivity contribution is 5.71. The molecule has 1 heterocycles. The van der Waals surface area contributed by atoms with Crippen LogP contribution >= 0.6 is 0 Å². The molecule has 1 aromatic carbocycles. The van der Waals surface area contributed by atoms with Gasteiger partial charge in [0, 0.05) is 24.2 Å². The van der Waals surface area contributed by atoms with Crippen LogP contribution in [0, 0.1) is 0 Å². The molecule has 5 heteroatoms. The third-order valence-electron chi connectivity index (χ3n) is 6.74. The van der Waals surface area contributed by atoms with Crippen LogP contribution in [0.4, 0.5) is 9.18 Å². The van der Waals surface area contributed by atoms with Gasteiger partial charge in [-0.05, 0) is 72.8 Å². The number of ether oxygens (including phenoxy) is 1. The minimum Gasteiger partial charge on any atom is -0.444 e. The van der Waals surface area contributed by atoms with Gasteiger partial charge < -0.3 is 4.74 Å². The first kappa shape index (κ1) is 24.0. The number of hydrogen-bond donors (Lipinski definition) is 0. The van der Waals surface area contributed by atoms with E-state index in [0.717, 1.165) is 25.8 Å². The average Bonchev–Trinajstić information content (AvgIpc) is 3.47. The summed E-state index contributed by atoms with van der Waals surface area (Å²) in [4.78, 5) is 17.4. The Kier molecular flexibility index (Phi) is 6.76. The Balaban J connectivity index is 1.95. The van der Waals surface area contributed by atoms with Gasteiger partial charge in [-0.1, -0.05) is 43.7 Å². The SMILES string of the molecule is CCC[C@@]1(C)[C@H](F)[C@H](N(Cc2ccccc2)C2CC2)CC(C)(C)N1C(=O)OC(C)(C)C. The van der Waals surface area contributed by atoms with Gasteiger partial charge in [0.15, 0.2) is 0 Å². The largest absolute Gasteiger partial charge is 0.444 e. The summed E-state index contributed by atoms with van der Waals surface area (Å²) in [5.74, 6) is 0. The van der Waals surface area contributed by atoms with Crippen LogP contribution < -0.4 is 0 Å². The number of hydrogen-bond acceptors (Lipinski definition) is 3. The fourth-order valence-electron chi connectivity index (χ4n) is 5.46. The van der Waals surface area contributed by atoms with Gasteiger partial charge in [-0.3, -0.25) is 9.80 Å². The normalized spacial score (nSPS) is 28.6. The summed E-state index contributed by atoms with van der Waals surface area (Å²) >= 11 is 0. The second kappa shape index (κ2) is 8.73. The number of likely N-dealkylation sites (tertiary alicyclic amines) is 1. The van der Waals surface area contributed by atoms with Crippen molar-refractivity contribution in [3.05, 3.63) is 35.9 Å². The Bertz CT molecular complexity index is 756. The lowest BCUT2D eigenvalue weighted by atomic mass is 9.72. The molecule has 0 unspecified atom stereocenters. The van der Waals surface area contributed by atoms with Crippen molar-refractivity contribution in [3.63, 3.8) is 0 Å². The number of nitrogens with zero attached hydrogens (tertiary/aromatic N) is 2. The second-order valence-corrected chi connectivity index (χ2v) is 11.3. The highest BCUT2D eigenvalue weighted by Gasteiger charge is 2.59. The number of carbonyl (C=O) groups is 1. The van der Waals surface area contributed by atoms with E-state index in [1.54, 1.807) is 4.90 Å². The molecule has 1 aromatic rings. The van der Waals surface area contributed by atoms with Crippen LogP contribution in [-0.2, 0) is 11.3 Å². The van der Waals surface area contributed by atoms with Crippen LogP contribution in [-0.4, -0.2) is 50.8 Å². The Hall–Kier alpha value is -1.62. The van der Waals surface area contributed by atoms with Gasteiger partial charge in [0.1, 0.15) is 11.8 Å². The monoisotopic (exact) mass is 432 g/mol. The fraction of sp³-hybridized carbons (Fsp3) is 0.731. The molecular weight excluding hydrogens is 391 g/mol. The molecule has 31 heavy (non-hydrogen) atoms. The van der Waals surface area contributed by atoms with E-state index in [0.29, 0.717) is 18.9 Å². The molecule has 0 bridgehead atoms. The summed E-state index contributed by atoms with van der Waals surface area (Å²) in [5, 5.41) is 0. The van der Waals surface area contributed by atoms with Gasteiger partial charge in [0.05, 0.1) is 5.54 Å². The van der Waals surface area contributed by atoms with E-state index in [-0.39, 0.29) is 6.04 Å². The number of rotatable bonds is 6. The zero-order valence-corrected chi connectivity index (χ0v) is 20.5. The summed E-state index contributed by atoms with van der Waals surface area (Å²) in [7, 11) is 0. The van der Waals surface area contributed by atoms with Crippen molar-refractivity contribution in [2.24, 2.45) is 0 Å². The van der Waals surface area contributed by atoms with Gasteiger partial charge in [0.25, 0.3) is 0 Å². The first-order chi connectivity index (χ1) is 14.4. The Morgan fingerprint density at radius 1 is 1.19 bits per heavy atom.